The van der Waals surface area contributed by atoms with Crippen LogP contribution in [-0.4, -0.2) is 19.3 Å². The molecular formula is C13H21NOS. The van der Waals surface area contributed by atoms with Crippen LogP contribution in [0.25, 0.3) is 0 Å². The summed E-state index contributed by atoms with van der Waals surface area (Å²) in [5, 5.41) is 8.01. The lowest BCUT2D eigenvalue weighted by molar-refractivity contribution is 0.0629. The predicted octanol–water partition coefficient (Wildman–Crippen LogP) is 3.67. The van der Waals surface area contributed by atoms with E-state index in [-0.39, 0.29) is 0 Å². The number of hydrogen-bond acceptors (Lipinski definition) is 3. The Morgan fingerprint density at radius 3 is 2.81 bits per heavy atom. The van der Waals surface area contributed by atoms with E-state index in [1.165, 1.54) is 30.5 Å². The fourth-order valence-corrected chi connectivity index (χ4v) is 3.10. The largest absolute Gasteiger partial charge is 0.382 e. The molecule has 90 valence electrons. The van der Waals surface area contributed by atoms with E-state index in [0.717, 1.165) is 19.1 Å². The van der Waals surface area contributed by atoms with Crippen molar-refractivity contribution in [2.75, 3.05) is 18.5 Å². The monoisotopic (exact) mass is 239 g/mol. The van der Waals surface area contributed by atoms with Crippen molar-refractivity contribution in [2.45, 2.75) is 39.2 Å². The Morgan fingerprint density at radius 2 is 2.19 bits per heavy atom. The van der Waals surface area contributed by atoms with E-state index in [2.05, 4.69) is 29.9 Å². The van der Waals surface area contributed by atoms with E-state index in [0.29, 0.717) is 6.04 Å². The SMILES string of the molecule is Cc1cscc1NC(C)CC1CCOCC1. The van der Waals surface area contributed by atoms with Crippen LogP contribution < -0.4 is 5.32 Å². The molecule has 1 aliphatic heterocycles. The van der Waals surface area contributed by atoms with Gasteiger partial charge in [0.2, 0.25) is 0 Å². The van der Waals surface area contributed by atoms with Gasteiger partial charge < -0.3 is 10.1 Å². The van der Waals surface area contributed by atoms with Crippen LogP contribution in [0.3, 0.4) is 0 Å². The molecule has 1 N–H and O–H groups in total. The Bertz CT molecular complexity index is 317. The van der Waals surface area contributed by atoms with E-state index < -0.39 is 0 Å². The summed E-state index contributed by atoms with van der Waals surface area (Å²) in [4.78, 5) is 0. The minimum absolute atomic E-state index is 0.566. The molecule has 2 nitrogen and oxygen atoms in total. The molecule has 0 aliphatic carbocycles. The molecule has 0 spiro atoms. The molecule has 2 rings (SSSR count). The summed E-state index contributed by atoms with van der Waals surface area (Å²) in [7, 11) is 0. The molecule has 1 aliphatic rings. The molecule has 1 fully saturated rings. The summed E-state index contributed by atoms with van der Waals surface area (Å²) in [6.45, 7) is 6.36. The Kier molecular flexibility index (Phi) is 4.24. The first-order valence-corrected chi connectivity index (χ1v) is 7.07. The van der Waals surface area contributed by atoms with E-state index in [9.17, 15) is 0 Å². The zero-order valence-electron chi connectivity index (χ0n) is 10.2. The highest BCUT2D eigenvalue weighted by Crippen LogP contribution is 2.24. The Morgan fingerprint density at radius 1 is 1.44 bits per heavy atom. The quantitative estimate of drug-likeness (QED) is 0.865. The van der Waals surface area contributed by atoms with Gasteiger partial charge in [0, 0.05) is 30.3 Å². The highest BCUT2D eigenvalue weighted by Gasteiger charge is 2.17. The van der Waals surface area contributed by atoms with Crippen LogP contribution in [0.5, 0.6) is 0 Å². The van der Waals surface area contributed by atoms with Crippen LogP contribution in [0.2, 0.25) is 0 Å². The van der Waals surface area contributed by atoms with Crippen molar-refractivity contribution >= 4 is 17.0 Å². The summed E-state index contributed by atoms with van der Waals surface area (Å²) >= 11 is 1.77. The third kappa shape index (κ3) is 3.22. The molecule has 1 atom stereocenters. The highest BCUT2D eigenvalue weighted by atomic mass is 32.1. The summed E-state index contributed by atoms with van der Waals surface area (Å²) in [5.41, 5.74) is 2.67. The normalized spacial score (nSPS) is 19.6. The number of thiophene rings is 1. The summed E-state index contributed by atoms with van der Waals surface area (Å²) < 4.78 is 5.39. The van der Waals surface area contributed by atoms with Crippen molar-refractivity contribution in [3.05, 3.63) is 16.3 Å². The van der Waals surface area contributed by atoms with Gasteiger partial charge in [-0.2, -0.15) is 0 Å². The van der Waals surface area contributed by atoms with Crippen LogP contribution in [0.15, 0.2) is 10.8 Å². The molecule has 0 saturated carbocycles. The maximum absolute atomic E-state index is 5.39. The fourth-order valence-electron chi connectivity index (χ4n) is 2.31. The van der Waals surface area contributed by atoms with Gasteiger partial charge in [-0.3, -0.25) is 0 Å². The number of anilines is 1. The molecular weight excluding hydrogens is 218 g/mol. The maximum Gasteiger partial charge on any atom is 0.0480 e. The number of aryl methyl sites for hydroxylation is 1. The molecule has 0 amide bonds. The second-order valence-electron chi connectivity index (χ2n) is 4.81. The van der Waals surface area contributed by atoms with Gasteiger partial charge in [0.15, 0.2) is 0 Å². The lowest BCUT2D eigenvalue weighted by Gasteiger charge is -2.25. The number of nitrogens with one attached hydrogen (secondary N) is 1. The second-order valence-corrected chi connectivity index (χ2v) is 5.55. The minimum atomic E-state index is 0.566. The molecule has 1 aromatic heterocycles. The Labute approximate surface area is 102 Å². The second kappa shape index (κ2) is 5.69. The van der Waals surface area contributed by atoms with Gasteiger partial charge in [-0.05, 0) is 50.0 Å². The predicted molar refractivity (Wildman–Crippen MR) is 70.3 cm³/mol. The molecule has 3 heteroatoms. The van der Waals surface area contributed by atoms with Crippen LogP contribution in [0, 0.1) is 12.8 Å². The highest BCUT2D eigenvalue weighted by molar-refractivity contribution is 7.08. The van der Waals surface area contributed by atoms with Crippen LogP contribution in [0.4, 0.5) is 5.69 Å². The average molecular weight is 239 g/mol. The van der Waals surface area contributed by atoms with Gasteiger partial charge in [-0.25, -0.2) is 0 Å². The average Bonchev–Trinajstić information content (AvgIpc) is 2.66. The number of ether oxygens (including phenoxy) is 1. The molecule has 16 heavy (non-hydrogen) atoms. The van der Waals surface area contributed by atoms with Gasteiger partial charge in [0.05, 0.1) is 0 Å². The zero-order valence-corrected chi connectivity index (χ0v) is 11.0. The third-order valence-electron chi connectivity index (χ3n) is 3.29. The molecule has 0 radical (unpaired) electrons. The van der Waals surface area contributed by atoms with Gasteiger partial charge >= 0.3 is 0 Å². The fraction of sp³-hybridized carbons (Fsp3) is 0.692. The van der Waals surface area contributed by atoms with Crippen molar-refractivity contribution in [3.8, 4) is 0 Å². The lowest BCUT2D eigenvalue weighted by Crippen LogP contribution is -2.24. The minimum Gasteiger partial charge on any atom is -0.382 e. The van der Waals surface area contributed by atoms with Crippen LogP contribution in [0.1, 0.15) is 31.7 Å². The zero-order chi connectivity index (χ0) is 11.4. The smallest absolute Gasteiger partial charge is 0.0480 e. The first kappa shape index (κ1) is 11.9. The van der Waals surface area contributed by atoms with E-state index in [1.54, 1.807) is 11.3 Å². The molecule has 1 aromatic rings. The third-order valence-corrected chi connectivity index (χ3v) is 4.15. The van der Waals surface area contributed by atoms with Crippen molar-refractivity contribution in [1.82, 2.24) is 0 Å². The Balaban J connectivity index is 1.79. The Hall–Kier alpha value is -0.540. The van der Waals surface area contributed by atoms with Gasteiger partial charge in [-0.1, -0.05) is 0 Å². The molecule has 1 saturated heterocycles. The lowest BCUT2D eigenvalue weighted by atomic mass is 9.93. The van der Waals surface area contributed by atoms with Crippen molar-refractivity contribution < 1.29 is 4.74 Å². The molecule has 1 unspecified atom stereocenters. The number of hydrogen-bond donors (Lipinski definition) is 1. The molecule has 0 bridgehead atoms. The standard InChI is InChI=1S/C13H21NOS/c1-10-8-16-9-13(10)14-11(2)7-12-3-5-15-6-4-12/h8-9,11-12,14H,3-7H2,1-2H3. The van der Waals surface area contributed by atoms with E-state index >= 15 is 0 Å². The van der Waals surface area contributed by atoms with Gasteiger partial charge in [0.25, 0.3) is 0 Å². The van der Waals surface area contributed by atoms with Crippen molar-refractivity contribution in [1.29, 1.82) is 0 Å². The van der Waals surface area contributed by atoms with Crippen LogP contribution >= 0.6 is 11.3 Å². The first-order valence-electron chi connectivity index (χ1n) is 6.13. The number of rotatable bonds is 4. The van der Waals surface area contributed by atoms with Crippen molar-refractivity contribution in [3.63, 3.8) is 0 Å². The van der Waals surface area contributed by atoms with E-state index in [4.69, 9.17) is 4.74 Å². The topological polar surface area (TPSA) is 21.3 Å². The maximum atomic E-state index is 5.39. The first-order chi connectivity index (χ1) is 7.75. The molecule has 0 aromatic carbocycles. The van der Waals surface area contributed by atoms with Gasteiger partial charge in [-0.15, -0.1) is 11.3 Å². The summed E-state index contributed by atoms with van der Waals surface area (Å²) in [5.74, 6) is 0.843. The van der Waals surface area contributed by atoms with Crippen LogP contribution in [-0.2, 0) is 4.74 Å². The van der Waals surface area contributed by atoms with Crippen molar-refractivity contribution in [2.24, 2.45) is 5.92 Å². The summed E-state index contributed by atoms with van der Waals surface area (Å²) in [6.07, 6.45) is 3.72. The molecule has 2 heterocycles. The van der Waals surface area contributed by atoms with E-state index in [1.807, 2.05) is 0 Å². The summed E-state index contributed by atoms with van der Waals surface area (Å²) in [6, 6.07) is 0.566. The van der Waals surface area contributed by atoms with Gasteiger partial charge in [0.1, 0.15) is 0 Å².